The van der Waals surface area contributed by atoms with Gasteiger partial charge in [-0.2, -0.15) is 13.2 Å². The van der Waals surface area contributed by atoms with E-state index in [1.165, 1.54) is 17.0 Å². The van der Waals surface area contributed by atoms with Crippen LogP contribution in [0.4, 0.5) is 23.4 Å². The van der Waals surface area contributed by atoms with Crippen LogP contribution in [0.25, 0.3) is 11.2 Å². The Balaban J connectivity index is 1.76. The van der Waals surface area contributed by atoms with Gasteiger partial charge in [-0.15, -0.1) is 0 Å². The monoisotopic (exact) mass is 393 g/mol. The Hall–Kier alpha value is -2.71. The summed E-state index contributed by atoms with van der Waals surface area (Å²) in [5, 5.41) is 3.12. The molecule has 28 heavy (non-hydrogen) atoms. The molecule has 1 aromatic carbocycles. The van der Waals surface area contributed by atoms with Crippen molar-refractivity contribution in [3.05, 3.63) is 47.8 Å². The largest absolute Gasteiger partial charge is 0.451 e. The highest BCUT2D eigenvalue weighted by atomic mass is 19.4. The van der Waals surface area contributed by atoms with Crippen LogP contribution in [-0.2, 0) is 12.7 Å². The Kier molecular flexibility index (Phi) is 4.91. The van der Waals surface area contributed by atoms with Gasteiger partial charge in [-0.25, -0.2) is 19.3 Å². The van der Waals surface area contributed by atoms with Crippen molar-refractivity contribution in [1.82, 2.24) is 19.5 Å². The van der Waals surface area contributed by atoms with Gasteiger partial charge in [-0.05, 0) is 18.9 Å². The van der Waals surface area contributed by atoms with Gasteiger partial charge >= 0.3 is 6.18 Å². The van der Waals surface area contributed by atoms with E-state index in [-0.39, 0.29) is 29.6 Å². The van der Waals surface area contributed by atoms with Gasteiger partial charge in [-0.3, -0.25) is 0 Å². The first kappa shape index (κ1) is 18.6. The second-order valence-corrected chi connectivity index (χ2v) is 7.01. The van der Waals surface area contributed by atoms with E-state index in [9.17, 15) is 17.6 Å². The molecule has 1 saturated carbocycles. The Morgan fingerprint density at radius 2 is 1.82 bits per heavy atom. The Labute approximate surface area is 158 Å². The lowest BCUT2D eigenvalue weighted by molar-refractivity contribution is -0.144. The average molecular weight is 393 g/mol. The third-order valence-corrected chi connectivity index (χ3v) is 4.96. The van der Waals surface area contributed by atoms with Crippen molar-refractivity contribution < 1.29 is 17.6 Å². The van der Waals surface area contributed by atoms with Crippen molar-refractivity contribution >= 4 is 17.0 Å². The first-order valence-electron chi connectivity index (χ1n) is 9.22. The standard InChI is InChI=1S/C19H19F4N5/c20-14-9-5-4-6-12(14)10-28-11-24-15-16(25-13-7-2-1-3-8-13)26-18(19(21,22)23)27-17(15)28/h4-6,9,11,13H,1-3,7-8,10H2,(H,25,26,27). The van der Waals surface area contributed by atoms with E-state index in [1.807, 2.05) is 0 Å². The molecule has 0 unspecified atom stereocenters. The fraction of sp³-hybridized carbons (Fsp3) is 0.421. The first-order chi connectivity index (χ1) is 13.4. The normalized spacial score (nSPS) is 15.9. The van der Waals surface area contributed by atoms with Gasteiger partial charge in [0.2, 0.25) is 5.82 Å². The van der Waals surface area contributed by atoms with Gasteiger partial charge in [-0.1, -0.05) is 37.5 Å². The predicted octanol–water partition coefficient (Wildman–Crippen LogP) is 4.78. The van der Waals surface area contributed by atoms with E-state index in [0.717, 1.165) is 32.1 Å². The van der Waals surface area contributed by atoms with Crippen LogP contribution >= 0.6 is 0 Å². The van der Waals surface area contributed by atoms with Crippen LogP contribution < -0.4 is 5.32 Å². The molecule has 0 atom stereocenters. The number of alkyl halides is 3. The van der Waals surface area contributed by atoms with Crippen molar-refractivity contribution in [2.45, 2.75) is 50.9 Å². The third kappa shape index (κ3) is 3.79. The van der Waals surface area contributed by atoms with Gasteiger partial charge in [0.15, 0.2) is 11.5 Å². The van der Waals surface area contributed by atoms with E-state index in [4.69, 9.17) is 0 Å². The van der Waals surface area contributed by atoms with Crippen molar-refractivity contribution in [2.75, 3.05) is 5.32 Å². The summed E-state index contributed by atoms with van der Waals surface area (Å²) < 4.78 is 55.5. The summed E-state index contributed by atoms with van der Waals surface area (Å²) in [6.07, 6.45) is 1.62. The Bertz CT molecular complexity index is 976. The number of hydrogen-bond donors (Lipinski definition) is 1. The highest BCUT2D eigenvalue weighted by Gasteiger charge is 2.36. The molecule has 148 valence electrons. The summed E-state index contributed by atoms with van der Waals surface area (Å²) in [6.45, 7) is 0.0281. The minimum absolute atomic E-state index is 0.0281. The van der Waals surface area contributed by atoms with E-state index in [2.05, 4.69) is 20.3 Å². The minimum Gasteiger partial charge on any atom is -0.365 e. The smallest absolute Gasteiger partial charge is 0.365 e. The summed E-state index contributed by atoms with van der Waals surface area (Å²) >= 11 is 0. The van der Waals surface area contributed by atoms with Crippen LogP contribution in [0.1, 0.15) is 43.5 Å². The van der Waals surface area contributed by atoms with Gasteiger partial charge in [0.1, 0.15) is 11.3 Å². The summed E-state index contributed by atoms with van der Waals surface area (Å²) in [4.78, 5) is 11.6. The molecule has 0 amide bonds. The third-order valence-electron chi connectivity index (χ3n) is 4.96. The highest BCUT2D eigenvalue weighted by Crippen LogP contribution is 2.31. The summed E-state index contributed by atoms with van der Waals surface area (Å²) in [5.74, 6) is -1.58. The van der Waals surface area contributed by atoms with Gasteiger partial charge in [0.05, 0.1) is 12.9 Å². The van der Waals surface area contributed by atoms with Crippen molar-refractivity contribution in [1.29, 1.82) is 0 Å². The second-order valence-electron chi connectivity index (χ2n) is 7.01. The average Bonchev–Trinajstić information content (AvgIpc) is 3.07. The van der Waals surface area contributed by atoms with E-state index in [1.54, 1.807) is 18.2 Å². The fourth-order valence-corrected chi connectivity index (χ4v) is 3.54. The molecule has 9 heteroatoms. The Morgan fingerprint density at radius 3 is 2.54 bits per heavy atom. The van der Waals surface area contributed by atoms with Crippen LogP contribution in [0.15, 0.2) is 30.6 Å². The van der Waals surface area contributed by atoms with Gasteiger partial charge in [0, 0.05) is 11.6 Å². The molecule has 4 rings (SSSR count). The summed E-state index contributed by atoms with van der Waals surface area (Å²) in [7, 11) is 0. The molecule has 3 aromatic rings. The minimum atomic E-state index is -4.69. The lowest BCUT2D eigenvalue weighted by Gasteiger charge is -2.23. The Morgan fingerprint density at radius 1 is 1.07 bits per heavy atom. The second kappa shape index (κ2) is 7.37. The van der Waals surface area contributed by atoms with E-state index < -0.39 is 17.8 Å². The van der Waals surface area contributed by atoms with Gasteiger partial charge in [0.25, 0.3) is 0 Å². The molecule has 2 aromatic heterocycles. The maximum Gasteiger partial charge on any atom is 0.451 e. The maximum atomic E-state index is 14.0. The van der Waals surface area contributed by atoms with Crippen LogP contribution in [-0.4, -0.2) is 25.6 Å². The molecule has 2 heterocycles. The number of imidazole rings is 1. The molecule has 0 bridgehead atoms. The summed E-state index contributed by atoms with van der Waals surface area (Å²) in [6, 6.07) is 6.17. The van der Waals surface area contributed by atoms with Crippen LogP contribution in [0.5, 0.6) is 0 Å². The van der Waals surface area contributed by atoms with Crippen molar-refractivity contribution in [3.8, 4) is 0 Å². The molecule has 5 nitrogen and oxygen atoms in total. The molecular weight excluding hydrogens is 374 g/mol. The number of fused-ring (bicyclic) bond motifs is 1. The number of benzene rings is 1. The fourth-order valence-electron chi connectivity index (χ4n) is 3.54. The zero-order valence-corrected chi connectivity index (χ0v) is 15.0. The summed E-state index contributed by atoms with van der Waals surface area (Å²) in [5.41, 5.74) is 0.634. The molecule has 1 fully saturated rings. The van der Waals surface area contributed by atoms with Gasteiger partial charge < -0.3 is 9.88 Å². The predicted molar refractivity (Wildman–Crippen MR) is 96.3 cm³/mol. The van der Waals surface area contributed by atoms with Crippen molar-refractivity contribution in [3.63, 3.8) is 0 Å². The number of aromatic nitrogens is 4. The number of anilines is 1. The topological polar surface area (TPSA) is 55.6 Å². The number of nitrogens with one attached hydrogen (secondary N) is 1. The molecule has 0 spiro atoms. The number of hydrogen-bond acceptors (Lipinski definition) is 4. The van der Waals surface area contributed by atoms with Crippen LogP contribution in [0.2, 0.25) is 0 Å². The highest BCUT2D eigenvalue weighted by molar-refractivity contribution is 5.83. The molecule has 1 aliphatic rings. The molecule has 0 saturated heterocycles. The molecular formula is C19H19F4N5. The lowest BCUT2D eigenvalue weighted by atomic mass is 9.95. The van der Waals surface area contributed by atoms with E-state index >= 15 is 0 Å². The quantitative estimate of drug-likeness (QED) is 0.649. The van der Waals surface area contributed by atoms with Crippen molar-refractivity contribution in [2.24, 2.45) is 0 Å². The molecule has 0 aliphatic heterocycles. The molecule has 0 radical (unpaired) electrons. The molecule has 1 N–H and O–H groups in total. The zero-order chi connectivity index (χ0) is 19.7. The number of halogens is 4. The zero-order valence-electron chi connectivity index (χ0n) is 15.0. The van der Waals surface area contributed by atoms with Crippen LogP contribution in [0, 0.1) is 5.82 Å². The number of rotatable bonds is 4. The molecule has 1 aliphatic carbocycles. The first-order valence-corrected chi connectivity index (χ1v) is 9.22. The van der Waals surface area contributed by atoms with Crippen LogP contribution in [0.3, 0.4) is 0 Å². The maximum absolute atomic E-state index is 14.0. The lowest BCUT2D eigenvalue weighted by Crippen LogP contribution is -2.24. The van der Waals surface area contributed by atoms with E-state index in [0.29, 0.717) is 5.56 Å². The number of nitrogens with zero attached hydrogens (tertiary/aromatic N) is 4. The SMILES string of the molecule is Fc1ccccc1Cn1cnc2c(NC3CCCCC3)nc(C(F)(F)F)nc21.